The van der Waals surface area contributed by atoms with Crippen LogP contribution in [0.15, 0.2) is 81.5 Å². The average Bonchev–Trinajstić information content (AvgIpc) is 3.14. The minimum atomic E-state index is -0.376. The van der Waals surface area contributed by atoms with E-state index >= 15 is 0 Å². The Hall–Kier alpha value is -2.99. The Morgan fingerprint density at radius 3 is 2.50 bits per heavy atom. The lowest BCUT2D eigenvalue weighted by atomic mass is 10.0. The Bertz CT molecular complexity index is 940. The zero-order valence-electron chi connectivity index (χ0n) is 16.5. The van der Waals surface area contributed by atoms with Gasteiger partial charge in [-0.1, -0.05) is 61.3 Å². The summed E-state index contributed by atoms with van der Waals surface area (Å²) in [4.78, 5) is 17.3. The first-order valence-corrected chi connectivity index (χ1v) is 9.45. The lowest BCUT2D eigenvalue weighted by molar-refractivity contribution is 0.0964. The van der Waals surface area contributed by atoms with E-state index < -0.39 is 0 Å². The van der Waals surface area contributed by atoms with E-state index in [2.05, 4.69) is 23.5 Å². The molecule has 0 saturated heterocycles. The summed E-state index contributed by atoms with van der Waals surface area (Å²) < 4.78 is 10.4. The largest absolute Gasteiger partial charge is 0.497 e. The molecule has 1 heterocycles. The molecule has 0 spiro atoms. The van der Waals surface area contributed by atoms with Crippen LogP contribution in [0.4, 0.5) is 0 Å². The molecule has 28 heavy (non-hydrogen) atoms. The molecule has 2 aromatic rings. The number of carbonyl (C=O) groups excluding carboxylic acids is 1. The Labute approximate surface area is 169 Å². The van der Waals surface area contributed by atoms with Crippen molar-refractivity contribution < 1.29 is 13.9 Å². The number of rotatable bonds is 8. The number of carbonyl (C=O) groups is 1. The number of benzene rings is 1. The fourth-order valence-corrected chi connectivity index (χ4v) is 3.47. The number of oxazole rings is 1. The fraction of sp³-hybridized carbons (Fsp3) is 0.182. The van der Waals surface area contributed by atoms with E-state index in [1.165, 1.54) is 18.0 Å². The molecule has 0 fully saturated rings. The van der Waals surface area contributed by atoms with Gasteiger partial charge in [0.1, 0.15) is 12.0 Å². The maximum atomic E-state index is 12.3. The van der Waals surface area contributed by atoms with Gasteiger partial charge in [0.2, 0.25) is 0 Å². The first-order chi connectivity index (χ1) is 13.4. The second kappa shape index (κ2) is 9.80. The first-order valence-electron chi connectivity index (χ1n) is 8.63. The Morgan fingerprint density at radius 1 is 1.29 bits per heavy atom. The first kappa shape index (κ1) is 21.3. The number of allylic oxidation sites excluding steroid dienone is 3. The van der Waals surface area contributed by atoms with Crippen LogP contribution in [0.2, 0.25) is 0 Å². The van der Waals surface area contributed by atoms with Crippen LogP contribution in [0.25, 0.3) is 5.57 Å². The zero-order valence-corrected chi connectivity index (χ0v) is 17.4. The molecule has 6 heteroatoms. The van der Waals surface area contributed by atoms with E-state index in [-0.39, 0.29) is 11.6 Å². The molecule has 2 rings (SSSR count). The number of ether oxygens (including phenoxy) is 1. The van der Waals surface area contributed by atoms with E-state index in [4.69, 9.17) is 9.15 Å². The minimum absolute atomic E-state index is 0.206. The van der Waals surface area contributed by atoms with Crippen LogP contribution >= 0.6 is 11.8 Å². The molecule has 1 aromatic carbocycles. The van der Waals surface area contributed by atoms with Crippen molar-refractivity contribution in [2.75, 3.05) is 7.11 Å². The summed E-state index contributed by atoms with van der Waals surface area (Å²) in [5, 5.41) is 3.22. The van der Waals surface area contributed by atoms with Crippen LogP contribution in [0.1, 0.15) is 35.8 Å². The van der Waals surface area contributed by atoms with Crippen molar-refractivity contribution in [3.8, 4) is 0 Å². The summed E-state index contributed by atoms with van der Waals surface area (Å²) in [5.41, 5.74) is 3.10. The van der Waals surface area contributed by atoms with Gasteiger partial charge in [-0.25, -0.2) is 4.98 Å². The molecule has 0 bridgehead atoms. The highest BCUT2D eigenvalue weighted by Gasteiger charge is 2.18. The van der Waals surface area contributed by atoms with Crippen molar-refractivity contribution >= 4 is 23.2 Å². The zero-order chi connectivity index (χ0) is 20.7. The molecule has 146 valence electrons. The van der Waals surface area contributed by atoms with Crippen molar-refractivity contribution in [1.29, 1.82) is 0 Å². The maximum absolute atomic E-state index is 12.3. The molecule has 5 nitrogen and oxygen atoms in total. The van der Waals surface area contributed by atoms with E-state index in [1.807, 2.05) is 50.3 Å². The van der Waals surface area contributed by atoms with Crippen LogP contribution < -0.4 is 5.32 Å². The number of hydrogen-bond acceptors (Lipinski definition) is 5. The van der Waals surface area contributed by atoms with Gasteiger partial charge in [0, 0.05) is 17.4 Å². The number of amides is 1. The van der Waals surface area contributed by atoms with Crippen molar-refractivity contribution in [2.45, 2.75) is 20.8 Å². The normalized spacial score (nSPS) is 12.2. The molecule has 0 unspecified atom stereocenters. The van der Waals surface area contributed by atoms with E-state index in [1.54, 1.807) is 14.0 Å². The molecule has 0 radical (unpaired) electrons. The fourth-order valence-electron chi connectivity index (χ4n) is 2.47. The summed E-state index contributed by atoms with van der Waals surface area (Å²) >= 11 is 1.34. The van der Waals surface area contributed by atoms with Crippen molar-refractivity contribution in [3.05, 3.63) is 94.2 Å². The number of nitrogens with one attached hydrogen (secondary N) is 1. The molecule has 0 atom stereocenters. The standard InChI is InChI=1S/C22H24N2O3S/c1-7-19(18-11-9-8-10-12-18)21(14(2)15(3)26-6)28-17(5)24-22(25)20-13-27-16(4)23-20/h7-13H,3,5H2,1-2,4,6H3,(H,24,25)/b19-7-,21-14+. The van der Waals surface area contributed by atoms with Crippen molar-refractivity contribution in [2.24, 2.45) is 0 Å². The van der Waals surface area contributed by atoms with Crippen LogP contribution in [-0.2, 0) is 4.74 Å². The molecule has 1 N–H and O–H groups in total. The summed E-state index contributed by atoms with van der Waals surface area (Å²) in [6.07, 6.45) is 3.33. The molecular weight excluding hydrogens is 372 g/mol. The molecular formula is C22H24N2O3S. The SMILES string of the molecule is C=C(NC(=O)c1coc(C)n1)SC(/C(=C\C)c1ccccc1)=C(\C)C(=C)OC. The maximum Gasteiger partial charge on any atom is 0.277 e. The molecule has 1 aromatic heterocycles. The second-order valence-corrected chi connectivity index (χ2v) is 6.99. The third kappa shape index (κ3) is 5.27. The van der Waals surface area contributed by atoms with Crippen LogP contribution in [0.5, 0.6) is 0 Å². The summed E-state index contributed by atoms with van der Waals surface area (Å²) in [6, 6.07) is 9.97. The second-order valence-electron chi connectivity index (χ2n) is 5.88. The quantitative estimate of drug-likeness (QED) is 0.474. The lowest BCUT2D eigenvalue weighted by Crippen LogP contribution is -2.21. The van der Waals surface area contributed by atoms with Crippen LogP contribution in [0, 0.1) is 6.92 Å². The average molecular weight is 397 g/mol. The number of aryl methyl sites for hydroxylation is 1. The van der Waals surface area contributed by atoms with Gasteiger partial charge in [0.05, 0.1) is 12.1 Å². The van der Waals surface area contributed by atoms with E-state index in [9.17, 15) is 4.79 Å². The number of thioether (sulfide) groups is 1. The van der Waals surface area contributed by atoms with E-state index in [0.717, 1.165) is 21.6 Å². The minimum Gasteiger partial charge on any atom is -0.497 e. The smallest absolute Gasteiger partial charge is 0.277 e. The Balaban J connectivity index is 2.31. The Morgan fingerprint density at radius 2 is 1.96 bits per heavy atom. The monoisotopic (exact) mass is 396 g/mol. The molecule has 0 saturated carbocycles. The third-order valence-corrected chi connectivity index (χ3v) is 5.03. The lowest BCUT2D eigenvalue weighted by Gasteiger charge is -2.18. The van der Waals surface area contributed by atoms with E-state index in [0.29, 0.717) is 16.7 Å². The molecule has 0 aliphatic carbocycles. The number of nitrogens with zero attached hydrogens (tertiary/aromatic N) is 1. The van der Waals surface area contributed by atoms with Gasteiger partial charge >= 0.3 is 0 Å². The number of hydrogen-bond donors (Lipinski definition) is 1. The van der Waals surface area contributed by atoms with Gasteiger partial charge in [0.15, 0.2) is 11.6 Å². The predicted molar refractivity (Wildman–Crippen MR) is 114 cm³/mol. The van der Waals surface area contributed by atoms with Gasteiger partial charge in [-0.15, -0.1) is 0 Å². The van der Waals surface area contributed by atoms with Gasteiger partial charge in [-0.3, -0.25) is 4.79 Å². The number of methoxy groups -OCH3 is 1. The molecule has 1 amide bonds. The van der Waals surface area contributed by atoms with Gasteiger partial charge in [-0.05, 0) is 25.0 Å². The predicted octanol–water partition coefficient (Wildman–Crippen LogP) is 5.45. The summed E-state index contributed by atoms with van der Waals surface area (Å²) in [7, 11) is 1.58. The van der Waals surface area contributed by atoms with Gasteiger partial charge in [0.25, 0.3) is 5.91 Å². The highest BCUT2D eigenvalue weighted by atomic mass is 32.2. The van der Waals surface area contributed by atoms with Crippen LogP contribution in [0.3, 0.4) is 0 Å². The van der Waals surface area contributed by atoms with Crippen LogP contribution in [-0.4, -0.2) is 18.0 Å². The topological polar surface area (TPSA) is 64.4 Å². The summed E-state index contributed by atoms with van der Waals surface area (Å²) in [5.74, 6) is 0.596. The third-order valence-electron chi connectivity index (χ3n) is 3.95. The summed E-state index contributed by atoms with van der Waals surface area (Å²) in [6.45, 7) is 13.5. The van der Waals surface area contributed by atoms with Gasteiger partial charge in [-0.2, -0.15) is 0 Å². The highest BCUT2D eigenvalue weighted by Crippen LogP contribution is 2.39. The number of aromatic nitrogens is 1. The van der Waals surface area contributed by atoms with Crippen molar-refractivity contribution in [1.82, 2.24) is 10.3 Å². The molecule has 0 aliphatic rings. The van der Waals surface area contributed by atoms with Crippen molar-refractivity contribution in [3.63, 3.8) is 0 Å². The van der Waals surface area contributed by atoms with Gasteiger partial charge < -0.3 is 14.5 Å². The highest BCUT2D eigenvalue weighted by molar-refractivity contribution is 8.07. The molecule has 0 aliphatic heterocycles. The Kier molecular flexibility index (Phi) is 7.46.